The van der Waals surface area contributed by atoms with Crippen LogP contribution in [0, 0.1) is 0 Å². The number of amides is 1. The summed E-state index contributed by atoms with van der Waals surface area (Å²) < 4.78 is 28.6. The Hall–Kier alpha value is -1.10. The van der Waals surface area contributed by atoms with Gasteiger partial charge in [-0.1, -0.05) is 11.6 Å². The fourth-order valence-corrected chi connectivity index (χ4v) is 4.82. The van der Waals surface area contributed by atoms with Crippen LogP contribution in [0.15, 0.2) is 26.5 Å². The minimum Gasteiger partial charge on any atom is -0.358 e. The molecule has 0 saturated heterocycles. The molecule has 0 saturated carbocycles. The third kappa shape index (κ3) is 3.96. The number of hydrogen-bond donors (Lipinski definition) is 2. The van der Waals surface area contributed by atoms with Crippen LogP contribution in [0.3, 0.4) is 0 Å². The number of likely N-dealkylation sites (N-methyl/N-ethyl adjacent to an activating group) is 1. The molecule has 7 nitrogen and oxygen atoms in total. The van der Waals surface area contributed by atoms with Crippen molar-refractivity contribution in [1.29, 1.82) is 0 Å². The smallest absolute Gasteiger partial charge is 0.271 e. The molecule has 0 fully saturated rings. The first-order valence-corrected chi connectivity index (χ1v) is 8.99. The molecule has 0 atom stereocenters. The summed E-state index contributed by atoms with van der Waals surface area (Å²) in [7, 11) is -2.23. The Morgan fingerprint density at radius 3 is 2.86 bits per heavy atom. The molecule has 0 unspecified atom stereocenters. The van der Waals surface area contributed by atoms with Gasteiger partial charge in [0.15, 0.2) is 0 Å². The van der Waals surface area contributed by atoms with Crippen molar-refractivity contribution in [3.05, 3.63) is 27.3 Å². The van der Waals surface area contributed by atoms with Gasteiger partial charge in [0, 0.05) is 13.2 Å². The van der Waals surface area contributed by atoms with Gasteiger partial charge in [-0.05, 0) is 22.0 Å². The maximum atomic E-state index is 12.2. The molecule has 2 heterocycles. The number of hydrogen-bond acceptors (Lipinski definition) is 5. The van der Waals surface area contributed by atoms with Gasteiger partial charge in [0.1, 0.15) is 10.8 Å². The number of rotatable bonds is 5. The Balaban J connectivity index is 2.15. The summed E-state index contributed by atoms with van der Waals surface area (Å²) in [6.45, 7) is 0.00854. The molecule has 2 N–H and O–H groups in total. The highest BCUT2D eigenvalue weighted by molar-refractivity contribution is 9.11. The van der Waals surface area contributed by atoms with Crippen LogP contribution in [0.25, 0.3) is 0 Å². The molecule has 0 aliphatic heterocycles. The van der Waals surface area contributed by atoms with E-state index in [9.17, 15) is 13.2 Å². The third-order valence-electron chi connectivity index (χ3n) is 2.36. The molecule has 0 aliphatic carbocycles. The lowest BCUT2D eigenvalue weighted by Crippen LogP contribution is -2.23. The average molecular weight is 414 g/mol. The largest absolute Gasteiger partial charge is 0.358 e. The second-order valence-electron chi connectivity index (χ2n) is 3.89. The predicted molar refractivity (Wildman–Crippen MR) is 84.1 cm³/mol. The van der Waals surface area contributed by atoms with Crippen molar-refractivity contribution in [2.24, 2.45) is 0 Å². The molecule has 0 aromatic carbocycles. The molecule has 0 bridgehead atoms. The van der Waals surface area contributed by atoms with Crippen molar-refractivity contribution in [1.82, 2.24) is 15.1 Å². The molecule has 0 radical (unpaired) electrons. The molecule has 0 aliphatic rings. The Kier molecular flexibility index (Phi) is 4.91. The van der Waals surface area contributed by atoms with Gasteiger partial charge in [0.05, 0.1) is 20.7 Å². The van der Waals surface area contributed by atoms with Crippen LogP contribution in [-0.4, -0.2) is 31.2 Å². The molecule has 11 heteroatoms. The number of aromatic nitrogens is 2. The van der Waals surface area contributed by atoms with E-state index in [0.29, 0.717) is 8.81 Å². The minimum absolute atomic E-state index is 0.00854. The van der Waals surface area contributed by atoms with Crippen molar-refractivity contribution in [2.75, 3.05) is 11.8 Å². The molecule has 0 spiro atoms. The fourth-order valence-electron chi connectivity index (χ4n) is 1.39. The lowest BCUT2D eigenvalue weighted by atomic mass is 10.6. The molecular weight excluding hydrogens is 404 g/mol. The highest BCUT2D eigenvalue weighted by Gasteiger charge is 2.20. The number of thiophene rings is 1. The van der Waals surface area contributed by atoms with Crippen LogP contribution >= 0.6 is 38.9 Å². The summed E-state index contributed by atoms with van der Waals surface area (Å²) in [6, 6.07) is 1.35. The molecule has 2 aromatic heterocycles. The van der Waals surface area contributed by atoms with Crippen LogP contribution in [0.2, 0.25) is 5.02 Å². The molecule has 2 aromatic rings. The van der Waals surface area contributed by atoms with Crippen LogP contribution < -0.4 is 10.0 Å². The Bertz CT molecular complexity index is 752. The van der Waals surface area contributed by atoms with Crippen molar-refractivity contribution in [3.8, 4) is 0 Å². The molecule has 21 heavy (non-hydrogen) atoms. The highest BCUT2D eigenvalue weighted by atomic mass is 79.9. The second-order valence-corrected chi connectivity index (χ2v) is 8.58. The summed E-state index contributed by atoms with van der Waals surface area (Å²) in [5.74, 6) is -0.235. The van der Waals surface area contributed by atoms with Crippen molar-refractivity contribution >= 4 is 60.5 Å². The summed E-state index contributed by atoms with van der Waals surface area (Å²) in [5.41, 5.74) is 0.263. The summed E-state index contributed by atoms with van der Waals surface area (Å²) in [6.07, 6.45) is 2.75. The van der Waals surface area contributed by atoms with Gasteiger partial charge in [-0.2, -0.15) is 5.10 Å². The van der Waals surface area contributed by atoms with E-state index in [2.05, 4.69) is 31.1 Å². The second kappa shape index (κ2) is 6.34. The summed E-state index contributed by atoms with van der Waals surface area (Å²) in [5, 5.41) is 6.68. The quantitative estimate of drug-likeness (QED) is 0.783. The van der Waals surface area contributed by atoms with Gasteiger partial charge in [-0.3, -0.25) is 14.2 Å². The zero-order valence-corrected chi connectivity index (χ0v) is 14.6. The average Bonchev–Trinajstić information content (AvgIpc) is 2.97. The number of halogens is 2. The first-order chi connectivity index (χ1) is 9.81. The number of anilines is 1. The molecule has 114 valence electrons. The van der Waals surface area contributed by atoms with E-state index in [1.165, 1.54) is 30.2 Å². The van der Waals surface area contributed by atoms with Crippen molar-refractivity contribution in [2.45, 2.75) is 10.8 Å². The minimum atomic E-state index is -3.74. The topological polar surface area (TPSA) is 93.1 Å². The van der Waals surface area contributed by atoms with E-state index >= 15 is 0 Å². The van der Waals surface area contributed by atoms with Crippen LogP contribution in [0.4, 0.5) is 5.69 Å². The van der Waals surface area contributed by atoms with Crippen LogP contribution in [-0.2, 0) is 21.4 Å². The van der Waals surface area contributed by atoms with Gasteiger partial charge >= 0.3 is 0 Å². The number of sulfonamides is 1. The lowest BCUT2D eigenvalue weighted by Gasteiger charge is -2.02. The van der Waals surface area contributed by atoms with Gasteiger partial charge < -0.3 is 5.32 Å². The predicted octanol–water partition coefficient (Wildman–Crippen LogP) is 1.91. The Labute approximate surface area is 138 Å². The zero-order valence-electron chi connectivity index (χ0n) is 10.6. The third-order valence-corrected chi connectivity index (χ3v) is 6.69. The monoisotopic (exact) mass is 412 g/mol. The normalized spacial score (nSPS) is 11.4. The summed E-state index contributed by atoms with van der Waals surface area (Å²) >= 11 is 10.00. The Morgan fingerprint density at radius 2 is 2.29 bits per heavy atom. The van der Waals surface area contributed by atoms with Crippen molar-refractivity contribution in [3.63, 3.8) is 0 Å². The van der Waals surface area contributed by atoms with Crippen LogP contribution in [0.5, 0.6) is 0 Å². The van der Waals surface area contributed by atoms with E-state index in [1.807, 2.05) is 0 Å². The maximum absolute atomic E-state index is 12.2. The van der Waals surface area contributed by atoms with Gasteiger partial charge in [-0.15, -0.1) is 11.3 Å². The molecular formula is C10H10BrClN4O3S2. The highest BCUT2D eigenvalue weighted by Crippen LogP contribution is 2.35. The molecule has 1 amide bonds. The number of nitrogens with one attached hydrogen (secondary N) is 2. The van der Waals surface area contributed by atoms with Gasteiger partial charge in [0.25, 0.3) is 10.0 Å². The van der Waals surface area contributed by atoms with E-state index in [1.54, 1.807) is 0 Å². The van der Waals surface area contributed by atoms with E-state index in [0.717, 1.165) is 11.3 Å². The first-order valence-electron chi connectivity index (χ1n) is 5.52. The first kappa shape index (κ1) is 16.3. The number of nitrogens with zero attached hydrogens (tertiary/aromatic N) is 2. The SMILES string of the molecule is CNC(=O)Cn1cc(NS(=O)(=O)c2cc(Cl)c(Br)s2)cn1. The van der Waals surface area contributed by atoms with Crippen molar-refractivity contribution < 1.29 is 13.2 Å². The fraction of sp³-hybridized carbons (Fsp3) is 0.200. The maximum Gasteiger partial charge on any atom is 0.271 e. The number of carbonyl (C=O) groups excluding carboxylic acids is 1. The zero-order chi connectivity index (χ0) is 15.6. The van der Waals surface area contributed by atoms with Crippen LogP contribution in [0.1, 0.15) is 0 Å². The summed E-state index contributed by atoms with van der Waals surface area (Å²) in [4.78, 5) is 11.2. The Morgan fingerprint density at radius 1 is 1.57 bits per heavy atom. The lowest BCUT2D eigenvalue weighted by molar-refractivity contribution is -0.121. The van der Waals surface area contributed by atoms with Gasteiger partial charge in [-0.25, -0.2) is 8.42 Å². The van der Waals surface area contributed by atoms with E-state index in [-0.39, 0.29) is 22.3 Å². The van der Waals surface area contributed by atoms with Gasteiger partial charge in [0.2, 0.25) is 5.91 Å². The standard InChI is InChI=1S/C10H10BrClN4O3S2/c1-13-8(17)5-16-4-6(3-14-16)15-21(18,19)9-2-7(12)10(11)20-9/h2-4,15H,5H2,1H3,(H,13,17). The van der Waals surface area contributed by atoms with E-state index in [4.69, 9.17) is 11.6 Å². The van der Waals surface area contributed by atoms with E-state index < -0.39 is 10.0 Å². The number of carbonyl (C=O) groups is 1. The molecule has 2 rings (SSSR count).